The van der Waals surface area contributed by atoms with E-state index in [1.807, 2.05) is 0 Å². The summed E-state index contributed by atoms with van der Waals surface area (Å²) in [6.07, 6.45) is 6.10. The fraction of sp³-hybridized carbons (Fsp3) is 0.944. The van der Waals surface area contributed by atoms with Crippen molar-refractivity contribution in [2.45, 2.75) is 65.9 Å². The maximum Gasteiger partial charge on any atom is 0.320 e. The van der Waals surface area contributed by atoms with Gasteiger partial charge in [-0.15, -0.1) is 0 Å². The molecule has 3 atom stereocenters. The van der Waals surface area contributed by atoms with Crippen LogP contribution in [0.3, 0.4) is 0 Å². The third-order valence-electron chi connectivity index (χ3n) is 5.47. The second-order valence-electron chi connectivity index (χ2n) is 7.81. The highest BCUT2D eigenvalue weighted by Gasteiger charge is 2.33. The highest BCUT2D eigenvalue weighted by molar-refractivity contribution is 5.71. The SMILES string of the molecule is CC1CCN(CC(=O)OC2CC(C)CCC2C(C)C)CC1. The van der Waals surface area contributed by atoms with E-state index in [1.54, 1.807) is 0 Å². The molecule has 0 radical (unpaired) electrons. The van der Waals surface area contributed by atoms with Gasteiger partial charge in [-0.05, 0) is 62.4 Å². The van der Waals surface area contributed by atoms with Crippen molar-refractivity contribution >= 4 is 5.97 Å². The predicted octanol–water partition coefficient (Wildman–Crippen LogP) is 3.72. The Bertz CT molecular complexity index is 334. The van der Waals surface area contributed by atoms with Crippen LogP contribution < -0.4 is 0 Å². The summed E-state index contributed by atoms with van der Waals surface area (Å²) < 4.78 is 5.88. The number of carbonyl (C=O) groups excluding carboxylic acids is 1. The van der Waals surface area contributed by atoms with Crippen LogP contribution in [0.5, 0.6) is 0 Å². The number of rotatable bonds is 4. The molecular weight excluding hydrogens is 262 g/mol. The van der Waals surface area contributed by atoms with Gasteiger partial charge in [-0.1, -0.05) is 34.1 Å². The Kier molecular flexibility index (Phi) is 6.09. The zero-order valence-electron chi connectivity index (χ0n) is 14.3. The maximum absolute atomic E-state index is 12.3. The molecule has 2 aliphatic rings. The zero-order chi connectivity index (χ0) is 15.4. The molecule has 1 saturated heterocycles. The minimum atomic E-state index is -0.00527. The molecule has 0 aromatic rings. The Morgan fingerprint density at radius 3 is 2.38 bits per heavy atom. The largest absolute Gasteiger partial charge is 0.461 e. The van der Waals surface area contributed by atoms with Crippen molar-refractivity contribution in [3.8, 4) is 0 Å². The lowest BCUT2D eigenvalue weighted by molar-refractivity contribution is -0.157. The third kappa shape index (κ3) is 4.98. The quantitative estimate of drug-likeness (QED) is 0.740. The molecule has 0 aromatic heterocycles. The summed E-state index contributed by atoms with van der Waals surface area (Å²) in [4.78, 5) is 14.5. The van der Waals surface area contributed by atoms with Gasteiger partial charge in [0.2, 0.25) is 0 Å². The van der Waals surface area contributed by atoms with E-state index >= 15 is 0 Å². The van der Waals surface area contributed by atoms with Crippen LogP contribution in [0.4, 0.5) is 0 Å². The van der Waals surface area contributed by atoms with Gasteiger partial charge < -0.3 is 4.74 Å². The van der Waals surface area contributed by atoms with Crippen molar-refractivity contribution in [1.82, 2.24) is 4.90 Å². The lowest BCUT2D eigenvalue weighted by atomic mass is 9.75. The number of hydrogen-bond acceptors (Lipinski definition) is 3. The van der Waals surface area contributed by atoms with E-state index < -0.39 is 0 Å². The van der Waals surface area contributed by atoms with Crippen LogP contribution in [0.25, 0.3) is 0 Å². The van der Waals surface area contributed by atoms with E-state index in [2.05, 4.69) is 32.6 Å². The van der Waals surface area contributed by atoms with Crippen molar-refractivity contribution < 1.29 is 9.53 Å². The fourth-order valence-corrected chi connectivity index (χ4v) is 3.86. The monoisotopic (exact) mass is 295 g/mol. The summed E-state index contributed by atoms with van der Waals surface area (Å²) in [7, 11) is 0. The molecule has 21 heavy (non-hydrogen) atoms. The van der Waals surface area contributed by atoms with Crippen molar-refractivity contribution in [2.75, 3.05) is 19.6 Å². The molecule has 3 unspecified atom stereocenters. The number of piperidine rings is 1. The smallest absolute Gasteiger partial charge is 0.320 e. The Morgan fingerprint density at radius 1 is 1.10 bits per heavy atom. The van der Waals surface area contributed by atoms with E-state index in [0.29, 0.717) is 24.3 Å². The fourth-order valence-electron chi connectivity index (χ4n) is 3.86. The van der Waals surface area contributed by atoms with Gasteiger partial charge in [-0.3, -0.25) is 9.69 Å². The summed E-state index contributed by atoms with van der Waals surface area (Å²) in [5, 5.41) is 0. The maximum atomic E-state index is 12.3. The molecular formula is C18H33NO2. The highest BCUT2D eigenvalue weighted by Crippen LogP contribution is 2.35. The van der Waals surface area contributed by atoms with E-state index in [1.165, 1.54) is 25.7 Å². The molecule has 1 aliphatic heterocycles. The van der Waals surface area contributed by atoms with Crippen LogP contribution in [0.1, 0.15) is 59.8 Å². The molecule has 2 fully saturated rings. The van der Waals surface area contributed by atoms with E-state index in [-0.39, 0.29) is 12.1 Å². The van der Waals surface area contributed by atoms with Crippen LogP contribution in [0, 0.1) is 23.7 Å². The minimum Gasteiger partial charge on any atom is -0.461 e. The summed E-state index contributed by atoms with van der Waals surface area (Å²) in [6, 6.07) is 0. The third-order valence-corrected chi connectivity index (χ3v) is 5.47. The second-order valence-corrected chi connectivity index (χ2v) is 7.81. The van der Waals surface area contributed by atoms with Gasteiger partial charge in [0.05, 0.1) is 6.54 Å². The molecule has 3 heteroatoms. The zero-order valence-corrected chi connectivity index (χ0v) is 14.3. The van der Waals surface area contributed by atoms with Crippen molar-refractivity contribution in [1.29, 1.82) is 0 Å². The number of carbonyl (C=O) groups is 1. The molecule has 2 rings (SSSR count). The van der Waals surface area contributed by atoms with Gasteiger partial charge in [0.1, 0.15) is 6.10 Å². The summed E-state index contributed by atoms with van der Waals surface area (Å²) in [5.41, 5.74) is 0. The van der Waals surface area contributed by atoms with Crippen molar-refractivity contribution in [3.05, 3.63) is 0 Å². The lowest BCUT2D eigenvalue weighted by Gasteiger charge is -2.37. The molecule has 1 heterocycles. The molecule has 1 saturated carbocycles. The average molecular weight is 295 g/mol. The second kappa shape index (κ2) is 7.62. The summed E-state index contributed by atoms with van der Waals surface area (Å²) in [5.74, 6) is 2.64. The van der Waals surface area contributed by atoms with Gasteiger partial charge >= 0.3 is 5.97 Å². The Morgan fingerprint density at radius 2 is 1.76 bits per heavy atom. The molecule has 0 bridgehead atoms. The average Bonchev–Trinajstić information content (AvgIpc) is 2.41. The van der Waals surface area contributed by atoms with Gasteiger partial charge in [0, 0.05) is 0 Å². The first-order chi connectivity index (χ1) is 9.95. The molecule has 122 valence electrons. The highest BCUT2D eigenvalue weighted by atomic mass is 16.5. The molecule has 0 aromatic carbocycles. The molecule has 1 aliphatic carbocycles. The first kappa shape index (κ1) is 16.8. The number of likely N-dealkylation sites (tertiary alicyclic amines) is 1. The summed E-state index contributed by atoms with van der Waals surface area (Å²) >= 11 is 0. The first-order valence-corrected chi connectivity index (χ1v) is 8.87. The van der Waals surface area contributed by atoms with E-state index in [0.717, 1.165) is 25.4 Å². The standard InChI is InChI=1S/C18H33NO2/c1-13(2)16-6-5-15(4)11-17(16)21-18(20)12-19-9-7-14(3)8-10-19/h13-17H,5-12H2,1-4H3. The summed E-state index contributed by atoms with van der Waals surface area (Å²) in [6.45, 7) is 11.7. The lowest BCUT2D eigenvalue weighted by Crippen LogP contribution is -2.41. The molecule has 0 amide bonds. The van der Waals surface area contributed by atoms with Gasteiger partial charge in [-0.2, -0.15) is 0 Å². The van der Waals surface area contributed by atoms with Gasteiger partial charge in [0.25, 0.3) is 0 Å². The van der Waals surface area contributed by atoms with Crippen molar-refractivity contribution in [3.63, 3.8) is 0 Å². The van der Waals surface area contributed by atoms with Crippen LogP contribution >= 0.6 is 0 Å². The van der Waals surface area contributed by atoms with E-state index in [9.17, 15) is 4.79 Å². The Balaban J connectivity index is 1.82. The van der Waals surface area contributed by atoms with Crippen LogP contribution in [0.15, 0.2) is 0 Å². The number of esters is 1. The Hall–Kier alpha value is -0.570. The van der Waals surface area contributed by atoms with Crippen molar-refractivity contribution in [2.24, 2.45) is 23.7 Å². The number of hydrogen-bond donors (Lipinski definition) is 0. The van der Waals surface area contributed by atoms with Crippen LogP contribution in [0.2, 0.25) is 0 Å². The van der Waals surface area contributed by atoms with Crippen LogP contribution in [-0.4, -0.2) is 36.6 Å². The topological polar surface area (TPSA) is 29.5 Å². The van der Waals surface area contributed by atoms with E-state index in [4.69, 9.17) is 4.74 Å². The van der Waals surface area contributed by atoms with Gasteiger partial charge in [-0.25, -0.2) is 0 Å². The predicted molar refractivity (Wildman–Crippen MR) is 86.1 cm³/mol. The number of ether oxygens (including phenoxy) is 1. The molecule has 3 nitrogen and oxygen atoms in total. The minimum absolute atomic E-state index is 0.00527. The van der Waals surface area contributed by atoms with Gasteiger partial charge in [0.15, 0.2) is 0 Å². The molecule has 0 N–H and O–H groups in total. The number of nitrogens with zero attached hydrogens (tertiary/aromatic N) is 1. The first-order valence-electron chi connectivity index (χ1n) is 8.87. The van der Waals surface area contributed by atoms with Crippen LogP contribution in [-0.2, 0) is 9.53 Å². The normalized spacial score (nSPS) is 32.3. The molecule has 0 spiro atoms. The Labute approximate surface area is 130 Å².